The number of aryl methyl sites for hydroxylation is 1. The number of piperidine rings is 3. The largest absolute Gasteiger partial charge is 0.444 e. The second-order valence-electron chi connectivity index (χ2n) is 12.8. The molecular weight excluding hydrogens is 548 g/mol. The Morgan fingerprint density at radius 1 is 0.930 bits per heavy atom. The van der Waals surface area contributed by atoms with Gasteiger partial charge in [-0.2, -0.15) is 0 Å². The molecular formula is C32H50N6O5. The van der Waals surface area contributed by atoms with E-state index < -0.39 is 17.6 Å². The Bertz CT molecular complexity index is 1340. The van der Waals surface area contributed by atoms with Crippen LogP contribution in [0.25, 0.3) is 11.0 Å². The number of imidazole rings is 1. The number of benzene rings is 1. The SMILES string of the molecule is CC.Cn1c(=O)n(C2CCC(=O)NC2=O)c2ccc(C3CCN(CCN4CCC(NC(=O)OC(C)(C)C)CC4)CC3)cc21. The number of fused-ring (bicyclic) bond motifs is 1. The van der Waals surface area contributed by atoms with Crippen molar-refractivity contribution in [1.29, 1.82) is 0 Å². The van der Waals surface area contributed by atoms with Crippen LogP contribution in [-0.2, 0) is 21.4 Å². The van der Waals surface area contributed by atoms with Gasteiger partial charge in [0.05, 0.1) is 11.0 Å². The summed E-state index contributed by atoms with van der Waals surface area (Å²) in [6.07, 6.45) is 4.26. The second-order valence-corrected chi connectivity index (χ2v) is 12.8. The van der Waals surface area contributed by atoms with Crippen LogP contribution in [0.1, 0.15) is 90.7 Å². The lowest BCUT2D eigenvalue weighted by Gasteiger charge is -2.36. The lowest BCUT2D eigenvalue weighted by molar-refractivity contribution is -0.135. The Morgan fingerprint density at radius 2 is 1.53 bits per heavy atom. The fourth-order valence-corrected chi connectivity index (χ4v) is 6.41. The molecule has 3 saturated heterocycles. The first-order valence-electron chi connectivity index (χ1n) is 16.0. The summed E-state index contributed by atoms with van der Waals surface area (Å²) >= 11 is 0. The standard InChI is InChI=1S/C30H44N6O5.C2H6/c1-30(2,3)41-28(39)31-22-11-15-35(16-12-22)18-17-34-13-9-20(10-14-34)21-5-6-23-25(19-21)33(4)29(40)36(23)24-7-8-26(37)32-27(24)38;1-2/h5-6,19-20,22,24H,7-18H2,1-4H3,(H,31,39)(H,32,37,38);1-2H3. The third-order valence-electron chi connectivity index (χ3n) is 8.74. The number of nitrogens with one attached hydrogen (secondary N) is 2. The van der Waals surface area contributed by atoms with Gasteiger partial charge in [-0.1, -0.05) is 19.9 Å². The maximum absolute atomic E-state index is 13.1. The van der Waals surface area contributed by atoms with E-state index in [9.17, 15) is 19.2 Å². The Hall–Kier alpha value is -3.18. The van der Waals surface area contributed by atoms with Crippen molar-refractivity contribution in [3.63, 3.8) is 0 Å². The highest BCUT2D eigenvalue weighted by molar-refractivity contribution is 6.00. The van der Waals surface area contributed by atoms with E-state index in [0.29, 0.717) is 12.3 Å². The van der Waals surface area contributed by atoms with Crippen molar-refractivity contribution in [2.45, 2.75) is 96.7 Å². The minimum absolute atomic E-state index is 0.176. The lowest BCUT2D eigenvalue weighted by Crippen LogP contribution is -2.48. The predicted molar refractivity (Wildman–Crippen MR) is 167 cm³/mol. The van der Waals surface area contributed by atoms with Gasteiger partial charge in [0.25, 0.3) is 0 Å². The van der Waals surface area contributed by atoms with E-state index in [1.165, 1.54) is 5.56 Å². The summed E-state index contributed by atoms with van der Waals surface area (Å²) in [4.78, 5) is 54.2. The number of carbonyl (C=O) groups is 3. The summed E-state index contributed by atoms with van der Waals surface area (Å²) in [5, 5.41) is 5.38. The second kappa shape index (κ2) is 14.1. The van der Waals surface area contributed by atoms with Crippen LogP contribution in [0.4, 0.5) is 4.79 Å². The molecule has 1 aromatic heterocycles. The summed E-state index contributed by atoms with van der Waals surface area (Å²) in [5.74, 6) is -0.265. The van der Waals surface area contributed by atoms with E-state index in [-0.39, 0.29) is 30.2 Å². The van der Waals surface area contributed by atoms with Gasteiger partial charge in [-0.05, 0) is 89.6 Å². The number of carbonyl (C=O) groups excluding carboxylic acids is 3. The quantitative estimate of drug-likeness (QED) is 0.489. The van der Waals surface area contributed by atoms with Crippen molar-refractivity contribution in [3.05, 3.63) is 34.2 Å². The van der Waals surface area contributed by atoms with E-state index in [4.69, 9.17) is 4.74 Å². The molecule has 5 rings (SSSR count). The summed E-state index contributed by atoms with van der Waals surface area (Å²) in [6.45, 7) is 15.7. The van der Waals surface area contributed by atoms with Gasteiger partial charge in [-0.3, -0.25) is 24.0 Å². The van der Waals surface area contributed by atoms with Crippen LogP contribution in [0.15, 0.2) is 23.0 Å². The molecule has 3 amide bonds. The highest BCUT2D eigenvalue weighted by atomic mass is 16.6. The van der Waals surface area contributed by atoms with E-state index in [1.54, 1.807) is 16.2 Å². The van der Waals surface area contributed by atoms with Gasteiger partial charge in [0.1, 0.15) is 11.6 Å². The molecule has 11 nitrogen and oxygen atoms in total. The van der Waals surface area contributed by atoms with Crippen LogP contribution in [0.5, 0.6) is 0 Å². The molecule has 2 N–H and O–H groups in total. The molecule has 1 unspecified atom stereocenters. The summed E-state index contributed by atoms with van der Waals surface area (Å²) in [6, 6.07) is 5.68. The topological polar surface area (TPSA) is 118 Å². The van der Waals surface area contributed by atoms with Crippen molar-refractivity contribution >= 4 is 28.9 Å². The molecule has 1 atom stereocenters. The van der Waals surface area contributed by atoms with E-state index >= 15 is 0 Å². The van der Waals surface area contributed by atoms with Gasteiger partial charge in [0, 0.05) is 45.7 Å². The minimum Gasteiger partial charge on any atom is -0.444 e. The number of amides is 3. The number of alkyl carbamates (subject to hydrolysis) is 1. The number of imide groups is 1. The number of rotatable bonds is 6. The van der Waals surface area contributed by atoms with E-state index in [0.717, 1.165) is 76.0 Å². The molecule has 1 aromatic carbocycles. The molecule has 0 saturated carbocycles. The molecule has 4 heterocycles. The third kappa shape index (κ3) is 8.06. The zero-order chi connectivity index (χ0) is 31.3. The average Bonchev–Trinajstić information content (AvgIpc) is 3.22. The zero-order valence-electron chi connectivity index (χ0n) is 26.8. The Kier molecular flexibility index (Phi) is 10.7. The van der Waals surface area contributed by atoms with Gasteiger partial charge >= 0.3 is 11.8 Å². The normalized spacial score (nSPS) is 21.3. The molecule has 0 bridgehead atoms. The first-order valence-corrected chi connectivity index (χ1v) is 16.0. The molecule has 3 fully saturated rings. The van der Waals surface area contributed by atoms with Gasteiger partial charge in [0.2, 0.25) is 11.8 Å². The number of likely N-dealkylation sites (tertiary alicyclic amines) is 2. The Balaban J connectivity index is 0.00000207. The highest BCUT2D eigenvalue weighted by Crippen LogP contribution is 2.31. The number of hydrogen-bond donors (Lipinski definition) is 2. The van der Waals surface area contributed by atoms with Crippen molar-refractivity contribution in [2.75, 3.05) is 39.3 Å². The predicted octanol–water partition coefficient (Wildman–Crippen LogP) is 3.51. The monoisotopic (exact) mass is 598 g/mol. The van der Waals surface area contributed by atoms with Gasteiger partial charge in [-0.15, -0.1) is 0 Å². The highest BCUT2D eigenvalue weighted by Gasteiger charge is 2.32. The van der Waals surface area contributed by atoms with Crippen LogP contribution in [-0.4, -0.2) is 87.8 Å². The third-order valence-corrected chi connectivity index (χ3v) is 8.74. The van der Waals surface area contributed by atoms with Crippen LogP contribution < -0.4 is 16.3 Å². The van der Waals surface area contributed by atoms with E-state index in [2.05, 4.69) is 32.6 Å². The average molecular weight is 599 g/mol. The summed E-state index contributed by atoms with van der Waals surface area (Å²) in [7, 11) is 1.75. The molecule has 11 heteroatoms. The van der Waals surface area contributed by atoms with Gasteiger partial charge < -0.3 is 19.9 Å². The molecule has 2 aromatic rings. The molecule has 43 heavy (non-hydrogen) atoms. The zero-order valence-corrected chi connectivity index (χ0v) is 26.8. The van der Waals surface area contributed by atoms with Crippen LogP contribution >= 0.6 is 0 Å². The fraction of sp³-hybridized carbons (Fsp3) is 0.688. The molecule has 3 aliphatic heterocycles. The van der Waals surface area contributed by atoms with E-state index in [1.807, 2.05) is 40.7 Å². The molecule has 0 aliphatic carbocycles. The smallest absolute Gasteiger partial charge is 0.407 e. The molecule has 0 radical (unpaired) electrons. The first kappa shape index (κ1) is 32.7. The summed E-state index contributed by atoms with van der Waals surface area (Å²) < 4.78 is 8.55. The molecule has 3 aliphatic rings. The van der Waals surface area contributed by atoms with Crippen molar-refractivity contribution in [3.8, 4) is 0 Å². The summed E-state index contributed by atoms with van der Waals surface area (Å²) in [5.41, 5.74) is 2.08. The minimum atomic E-state index is -0.662. The van der Waals surface area contributed by atoms with Gasteiger partial charge in [0.15, 0.2) is 0 Å². The molecule has 0 spiro atoms. The first-order chi connectivity index (χ1) is 20.5. The number of hydrogen-bond acceptors (Lipinski definition) is 7. The maximum Gasteiger partial charge on any atom is 0.407 e. The molecule has 238 valence electrons. The number of ether oxygens (including phenoxy) is 1. The van der Waals surface area contributed by atoms with Gasteiger partial charge in [-0.25, -0.2) is 9.59 Å². The van der Waals surface area contributed by atoms with Crippen molar-refractivity contribution < 1.29 is 19.1 Å². The lowest BCUT2D eigenvalue weighted by atomic mass is 9.89. The van der Waals surface area contributed by atoms with Crippen LogP contribution in [0, 0.1) is 0 Å². The van der Waals surface area contributed by atoms with Crippen molar-refractivity contribution in [1.82, 2.24) is 29.6 Å². The van der Waals surface area contributed by atoms with Crippen molar-refractivity contribution in [2.24, 2.45) is 7.05 Å². The number of nitrogens with zero attached hydrogens (tertiary/aromatic N) is 4. The number of aromatic nitrogens is 2. The van der Waals surface area contributed by atoms with Crippen LogP contribution in [0.3, 0.4) is 0 Å². The Labute approximate surface area is 254 Å². The Morgan fingerprint density at radius 3 is 2.12 bits per heavy atom. The maximum atomic E-state index is 13.1. The van der Waals surface area contributed by atoms with Crippen LogP contribution in [0.2, 0.25) is 0 Å². The fourth-order valence-electron chi connectivity index (χ4n) is 6.41.